The van der Waals surface area contributed by atoms with Crippen molar-refractivity contribution in [1.82, 2.24) is 10.0 Å². The van der Waals surface area contributed by atoms with Gasteiger partial charge in [-0.1, -0.05) is 43.3 Å². The van der Waals surface area contributed by atoms with Crippen molar-refractivity contribution in [2.45, 2.75) is 31.2 Å². The first-order chi connectivity index (χ1) is 13.9. The maximum Gasteiger partial charge on any atom is 0.251 e. The lowest BCUT2D eigenvalue weighted by Gasteiger charge is -2.14. The van der Waals surface area contributed by atoms with E-state index in [2.05, 4.69) is 10.0 Å². The van der Waals surface area contributed by atoms with Crippen LogP contribution in [-0.2, 0) is 16.6 Å². The van der Waals surface area contributed by atoms with E-state index in [1.165, 1.54) is 18.4 Å². The molecule has 2 N–H and O–H groups in total. The predicted molar refractivity (Wildman–Crippen MR) is 111 cm³/mol. The molecule has 1 atom stereocenters. The highest BCUT2D eigenvalue weighted by atomic mass is 32.2. The summed E-state index contributed by atoms with van der Waals surface area (Å²) >= 11 is 0. The second-order valence-corrected chi connectivity index (χ2v) is 8.67. The summed E-state index contributed by atoms with van der Waals surface area (Å²) in [6.45, 7) is 4.31. The van der Waals surface area contributed by atoms with Crippen molar-refractivity contribution in [3.8, 4) is 0 Å². The molecule has 0 saturated carbocycles. The average Bonchev–Trinajstić information content (AvgIpc) is 3.25. The maximum absolute atomic E-state index is 12.7. The molecule has 0 bridgehead atoms. The fourth-order valence-electron chi connectivity index (χ4n) is 2.92. The van der Waals surface area contributed by atoms with Crippen molar-refractivity contribution < 1.29 is 17.6 Å². The van der Waals surface area contributed by atoms with Crippen LogP contribution in [0.1, 0.15) is 40.1 Å². The van der Waals surface area contributed by atoms with Crippen LogP contribution in [0.3, 0.4) is 0 Å². The van der Waals surface area contributed by atoms with E-state index in [0.717, 1.165) is 5.56 Å². The molecule has 152 valence electrons. The summed E-state index contributed by atoms with van der Waals surface area (Å²) < 4.78 is 32.8. The molecule has 7 heteroatoms. The molecule has 0 radical (unpaired) electrons. The van der Waals surface area contributed by atoms with Gasteiger partial charge in [-0.3, -0.25) is 4.79 Å². The van der Waals surface area contributed by atoms with Gasteiger partial charge in [-0.05, 0) is 48.2 Å². The first kappa shape index (κ1) is 20.8. The van der Waals surface area contributed by atoms with Crippen molar-refractivity contribution in [2.75, 3.05) is 6.54 Å². The summed E-state index contributed by atoms with van der Waals surface area (Å²) in [4.78, 5) is 12.7. The molecule has 1 amide bonds. The Morgan fingerprint density at radius 3 is 2.52 bits per heavy atom. The number of furan rings is 1. The van der Waals surface area contributed by atoms with Gasteiger partial charge in [0, 0.05) is 12.1 Å². The second kappa shape index (κ2) is 9.07. The molecule has 0 aliphatic heterocycles. The standard InChI is InChI=1S/C22H24N2O4S/c1-16-10-11-20(29(26,27)24-15-19-9-6-12-28-19)13-21(16)22(25)23-14-17(2)18-7-4-3-5-8-18/h3-13,17,24H,14-15H2,1-2H3,(H,23,25). The van der Waals surface area contributed by atoms with Crippen LogP contribution in [0.2, 0.25) is 0 Å². The van der Waals surface area contributed by atoms with Gasteiger partial charge in [0.1, 0.15) is 5.76 Å². The highest BCUT2D eigenvalue weighted by molar-refractivity contribution is 7.89. The molecule has 0 spiro atoms. The molecule has 0 fully saturated rings. The van der Waals surface area contributed by atoms with Crippen LogP contribution in [0, 0.1) is 6.92 Å². The molecule has 2 aromatic carbocycles. The number of benzene rings is 2. The minimum Gasteiger partial charge on any atom is -0.468 e. The van der Waals surface area contributed by atoms with Crippen LogP contribution in [-0.4, -0.2) is 20.9 Å². The zero-order valence-corrected chi connectivity index (χ0v) is 17.2. The number of carbonyl (C=O) groups excluding carboxylic acids is 1. The van der Waals surface area contributed by atoms with Crippen molar-refractivity contribution in [1.29, 1.82) is 0 Å². The third-order valence-electron chi connectivity index (χ3n) is 4.72. The zero-order valence-electron chi connectivity index (χ0n) is 16.4. The summed E-state index contributed by atoms with van der Waals surface area (Å²) in [6.07, 6.45) is 1.48. The van der Waals surface area contributed by atoms with Crippen LogP contribution < -0.4 is 10.0 Å². The quantitative estimate of drug-likeness (QED) is 0.592. The number of amides is 1. The molecular weight excluding hydrogens is 388 g/mol. The average molecular weight is 413 g/mol. The first-order valence-corrected chi connectivity index (χ1v) is 10.8. The van der Waals surface area contributed by atoms with Crippen molar-refractivity contribution in [2.24, 2.45) is 0 Å². The van der Waals surface area contributed by atoms with E-state index in [-0.39, 0.29) is 23.3 Å². The summed E-state index contributed by atoms with van der Waals surface area (Å²) in [5.74, 6) is 0.351. The molecule has 6 nitrogen and oxygen atoms in total. The smallest absolute Gasteiger partial charge is 0.251 e. The molecular formula is C22H24N2O4S. The van der Waals surface area contributed by atoms with Gasteiger partial charge in [-0.2, -0.15) is 0 Å². The Morgan fingerprint density at radius 1 is 1.07 bits per heavy atom. The van der Waals surface area contributed by atoms with E-state index in [9.17, 15) is 13.2 Å². The summed E-state index contributed by atoms with van der Waals surface area (Å²) in [7, 11) is -3.77. The number of carbonyl (C=O) groups is 1. The zero-order chi connectivity index (χ0) is 20.9. The van der Waals surface area contributed by atoms with Gasteiger partial charge in [0.15, 0.2) is 0 Å². The lowest BCUT2D eigenvalue weighted by atomic mass is 10.0. The van der Waals surface area contributed by atoms with E-state index in [1.807, 2.05) is 37.3 Å². The molecule has 3 aromatic rings. The third kappa shape index (κ3) is 5.34. The van der Waals surface area contributed by atoms with Gasteiger partial charge in [0.2, 0.25) is 10.0 Å². The van der Waals surface area contributed by atoms with Crippen molar-refractivity contribution in [3.63, 3.8) is 0 Å². The highest BCUT2D eigenvalue weighted by Gasteiger charge is 2.19. The molecule has 1 aromatic heterocycles. The SMILES string of the molecule is Cc1ccc(S(=O)(=O)NCc2ccco2)cc1C(=O)NCC(C)c1ccccc1. The normalized spacial score (nSPS) is 12.5. The van der Waals surface area contributed by atoms with Gasteiger partial charge in [-0.25, -0.2) is 13.1 Å². The fraction of sp³-hybridized carbons (Fsp3) is 0.227. The Hall–Kier alpha value is -2.90. The number of nitrogens with one attached hydrogen (secondary N) is 2. The van der Waals surface area contributed by atoms with E-state index in [4.69, 9.17) is 4.42 Å². The molecule has 3 rings (SSSR count). The first-order valence-electron chi connectivity index (χ1n) is 9.32. The Bertz CT molecular complexity index is 1060. The molecule has 0 aliphatic rings. The highest BCUT2D eigenvalue weighted by Crippen LogP contribution is 2.18. The largest absolute Gasteiger partial charge is 0.468 e. The number of sulfonamides is 1. The molecule has 29 heavy (non-hydrogen) atoms. The van der Waals surface area contributed by atoms with Crippen LogP contribution in [0.15, 0.2) is 76.2 Å². The van der Waals surface area contributed by atoms with Crippen LogP contribution in [0.25, 0.3) is 0 Å². The minimum absolute atomic E-state index is 0.0379. The van der Waals surface area contributed by atoms with Gasteiger partial charge < -0.3 is 9.73 Å². The summed E-state index contributed by atoms with van der Waals surface area (Å²) in [6, 6.07) is 17.8. The Kier molecular flexibility index (Phi) is 6.51. The fourth-order valence-corrected chi connectivity index (χ4v) is 3.94. The molecule has 1 heterocycles. The number of aryl methyl sites for hydroxylation is 1. The third-order valence-corrected chi connectivity index (χ3v) is 6.12. The van der Waals surface area contributed by atoms with E-state index >= 15 is 0 Å². The topological polar surface area (TPSA) is 88.4 Å². The second-order valence-electron chi connectivity index (χ2n) is 6.90. The van der Waals surface area contributed by atoms with Crippen LogP contribution in [0.5, 0.6) is 0 Å². The monoisotopic (exact) mass is 412 g/mol. The van der Waals surface area contributed by atoms with Crippen molar-refractivity contribution in [3.05, 3.63) is 89.4 Å². The summed E-state index contributed by atoms with van der Waals surface area (Å²) in [5, 5.41) is 2.90. The number of rotatable bonds is 8. The Balaban J connectivity index is 1.70. The van der Waals surface area contributed by atoms with Gasteiger partial charge in [-0.15, -0.1) is 0 Å². The van der Waals surface area contributed by atoms with E-state index < -0.39 is 10.0 Å². The van der Waals surface area contributed by atoms with Gasteiger partial charge in [0.25, 0.3) is 5.91 Å². The van der Waals surface area contributed by atoms with Crippen LogP contribution >= 0.6 is 0 Å². The van der Waals surface area contributed by atoms with Gasteiger partial charge in [0.05, 0.1) is 17.7 Å². The van der Waals surface area contributed by atoms with Gasteiger partial charge >= 0.3 is 0 Å². The van der Waals surface area contributed by atoms with E-state index in [0.29, 0.717) is 23.4 Å². The molecule has 0 aliphatic carbocycles. The summed E-state index contributed by atoms with van der Waals surface area (Å²) in [5.41, 5.74) is 2.17. The maximum atomic E-state index is 12.7. The van der Waals surface area contributed by atoms with E-state index in [1.54, 1.807) is 25.1 Å². The Morgan fingerprint density at radius 2 is 1.83 bits per heavy atom. The minimum atomic E-state index is -3.77. The lowest BCUT2D eigenvalue weighted by molar-refractivity contribution is 0.0951. The molecule has 1 unspecified atom stereocenters. The Labute approximate surface area is 171 Å². The lowest BCUT2D eigenvalue weighted by Crippen LogP contribution is -2.29. The number of hydrogen-bond acceptors (Lipinski definition) is 4. The van der Waals surface area contributed by atoms with Crippen LogP contribution in [0.4, 0.5) is 0 Å². The number of hydrogen-bond donors (Lipinski definition) is 2. The predicted octanol–water partition coefficient (Wildman–Crippen LogP) is 3.60. The molecule has 0 saturated heterocycles. The van der Waals surface area contributed by atoms with Crippen molar-refractivity contribution >= 4 is 15.9 Å².